The van der Waals surface area contributed by atoms with Gasteiger partial charge in [0.2, 0.25) is 5.91 Å². The normalized spacial score (nSPS) is 12.2. The molecular formula is C21H25N3O5. The summed E-state index contributed by atoms with van der Waals surface area (Å²) in [7, 11) is 2.89. The maximum absolute atomic E-state index is 12.4. The summed E-state index contributed by atoms with van der Waals surface area (Å²) < 4.78 is 7.40. The first kappa shape index (κ1) is 21.9. The molecule has 8 heteroatoms. The van der Waals surface area contributed by atoms with Crippen LogP contribution < -0.4 is 16.6 Å². The highest BCUT2D eigenvalue weighted by molar-refractivity contribution is 5.92. The lowest BCUT2D eigenvalue weighted by atomic mass is 10.0. The molecule has 1 atom stereocenters. The van der Waals surface area contributed by atoms with Gasteiger partial charge < -0.3 is 14.6 Å². The molecule has 0 saturated heterocycles. The molecule has 1 N–H and O–H groups in total. The Bertz CT molecular complexity index is 1020. The van der Waals surface area contributed by atoms with E-state index in [1.165, 1.54) is 37.0 Å². The van der Waals surface area contributed by atoms with E-state index in [0.717, 1.165) is 10.1 Å². The Morgan fingerprint density at radius 3 is 2.41 bits per heavy atom. The fourth-order valence-corrected chi connectivity index (χ4v) is 2.75. The molecule has 1 aromatic carbocycles. The van der Waals surface area contributed by atoms with Crippen molar-refractivity contribution >= 4 is 18.0 Å². The number of carbonyl (C=O) groups is 2. The molecule has 0 saturated carbocycles. The Balaban J connectivity index is 2.20. The number of nitrogens with zero attached hydrogens (tertiary/aromatic N) is 2. The Morgan fingerprint density at radius 1 is 1.14 bits per heavy atom. The van der Waals surface area contributed by atoms with Gasteiger partial charge in [0.15, 0.2) is 0 Å². The number of amides is 1. The molecule has 1 amide bonds. The van der Waals surface area contributed by atoms with Gasteiger partial charge in [0.05, 0.1) is 24.1 Å². The van der Waals surface area contributed by atoms with Gasteiger partial charge in [-0.05, 0) is 25.5 Å². The first-order valence-corrected chi connectivity index (χ1v) is 9.18. The third kappa shape index (κ3) is 6.03. The van der Waals surface area contributed by atoms with E-state index in [2.05, 4.69) is 5.32 Å². The SMILES string of the molecule is CC(C)OC(=O)CC(NC(=O)/C=C/c1cn(C)c(=O)n(C)c1=O)c1ccccc1. The molecule has 1 unspecified atom stereocenters. The Hall–Kier alpha value is -3.42. The van der Waals surface area contributed by atoms with Crippen molar-refractivity contribution in [2.45, 2.75) is 32.4 Å². The molecule has 0 aliphatic heterocycles. The van der Waals surface area contributed by atoms with Crippen LogP contribution >= 0.6 is 0 Å². The number of aryl methyl sites for hydroxylation is 1. The number of hydrogen-bond donors (Lipinski definition) is 1. The van der Waals surface area contributed by atoms with Gasteiger partial charge in [-0.2, -0.15) is 0 Å². The molecule has 0 fully saturated rings. The van der Waals surface area contributed by atoms with Crippen molar-refractivity contribution in [3.05, 3.63) is 74.6 Å². The van der Waals surface area contributed by atoms with Crippen molar-refractivity contribution in [1.82, 2.24) is 14.5 Å². The summed E-state index contributed by atoms with van der Waals surface area (Å²) in [6.07, 6.45) is 3.62. The molecule has 0 bridgehead atoms. The van der Waals surface area contributed by atoms with Crippen LogP contribution in [0.2, 0.25) is 0 Å². The minimum absolute atomic E-state index is 0.0244. The van der Waals surface area contributed by atoms with Crippen LogP contribution in [0.25, 0.3) is 6.08 Å². The maximum Gasteiger partial charge on any atom is 0.330 e. The molecule has 0 aliphatic rings. The summed E-state index contributed by atoms with van der Waals surface area (Å²) in [5, 5.41) is 2.76. The van der Waals surface area contributed by atoms with Gasteiger partial charge in [0.1, 0.15) is 0 Å². The molecule has 1 heterocycles. The Kier molecular flexibility index (Phi) is 7.30. The van der Waals surface area contributed by atoms with Gasteiger partial charge >= 0.3 is 11.7 Å². The smallest absolute Gasteiger partial charge is 0.330 e. The number of aromatic nitrogens is 2. The van der Waals surface area contributed by atoms with Crippen LogP contribution in [0.4, 0.5) is 0 Å². The molecular weight excluding hydrogens is 374 g/mol. The molecule has 0 aliphatic carbocycles. The monoisotopic (exact) mass is 399 g/mol. The zero-order valence-corrected chi connectivity index (χ0v) is 16.9. The molecule has 8 nitrogen and oxygen atoms in total. The van der Waals surface area contributed by atoms with Crippen molar-refractivity contribution in [2.75, 3.05) is 0 Å². The third-order valence-electron chi connectivity index (χ3n) is 4.14. The Labute approximate surface area is 168 Å². The van der Waals surface area contributed by atoms with E-state index >= 15 is 0 Å². The van der Waals surface area contributed by atoms with Gasteiger partial charge in [-0.15, -0.1) is 0 Å². The van der Waals surface area contributed by atoms with Gasteiger partial charge in [-0.25, -0.2) is 4.79 Å². The maximum atomic E-state index is 12.4. The van der Waals surface area contributed by atoms with E-state index < -0.39 is 29.2 Å². The predicted octanol–water partition coefficient (Wildman–Crippen LogP) is 1.30. The predicted molar refractivity (Wildman–Crippen MR) is 109 cm³/mol. The van der Waals surface area contributed by atoms with E-state index in [9.17, 15) is 19.2 Å². The molecule has 1 aromatic heterocycles. The number of hydrogen-bond acceptors (Lipinski definition) is 5. The largest absolute Gasteiger partial charge is 0.463 e. The summed E-state index contributed by atoms with van der Waals surface area (Å²) in [5.41, 5.74) is -0.00474. The lowest BCUT2D eigenvalue weighted by molar-refractivity contribution is -0.148. The summed E-state index contributed by atoms with van der Waals surface area (Å²) in [6.45, 7) is 3.51. The Morgan fingerprint density at radius 2 is 1.79 bits per heavy atom. The fourth-order valence-electron chi connectivity index (χ4n) is 2.75. The number of carbonyl (C=O) groups excluding carboxylic acids is 2. The van der Waals surface area contributed by atoms with Gasteiger partial charge in [-0.3, -0.25) is 19.0 Å². The summed E-state index contributed by atoms with van der Waals surface area (Å²) >= 11 is 0. The van der Waals surface area contributed by atoms with Crippen LogP contribution in [-0.2, 0) is 28.4 Å². The third-order valence-corrected chi connectivity index (χ3v) is 4.14. The van der Waals surface area contributed by atoms with Crippen LogP contribution in [0.1, 0.15) is 37.4 Å². The summed E-state index contributed by atoms with van der Waals surface area (Å²) in [6, 6.07) is 8.49. The highest BCUT2D eigenvalue weighted by atomic mass is 16.5. The standard InChI is InChI=1S/C21H25N3O5/c1-14(2)29-19(26)12-17(15-8-6-5-7-9-15)22-18(25)11-10-16-13-23(3)21(28)24(4)20(16)27/h5-11,13-14,17H,12H2,1-4H3,(H,22,25)/b11-10+. The van der Waals surface area contributed by atoms with Crippen molar-refractivity contribution in [3.8, 4) is 0 Å². The summed E-state index contributed by atoms with van der Waals surface area (Å²) in [4.78, 5) is 48.4. The molecule has 0 spiro atoms. The molecule has 0 radical (unpaired) electrons. The van der Waals surface area contributed by atoms with Gasteiger partial charge in [-0.1, -0.05) is 30.3 Å². The van der Waals surface area contributed by atoms with Crippen LogP contribution in [-0.4, -0.2) is 27.1 Å². The molecule has 2 rings (SSSR count). The number of ether oxygens (including phenoxy) is 1. The molecule has 154 valence electrons. The van der Waals surface area contributed by atoms with Crippen molar-refractivity contribution < 1.29 is 14.3 Å². The van der Waals surface area contributed by atoms with Crippen LogP contribution in [0.15, 0.2) is 52.2 Å². The number of benzene rings is 1. The second-order valence-corrected chi connectivity index (χ2v) is 6.89. The van der Waals surface area contributed by atoms with E-state index in [-0.39, 0.29) is 18.1 Å². The van der Waals surface area contributed by atoms with Crippen LogP contribution in [0, 0.1) is 0 Å². The average molecular weight is 399 g/mol. The van der Waals surface area contributed by atoms with Crippen LogP contribution in [0.3, 0.4) is 0 Å². The van der Waals surface area contributed by atoms with Crippen molar-refractivity contribution in [1.29, 1.82) is 0 Å². The van der Waals surface area contributed by atoms with Gasteiger partial charge in [0, 0.05) is 26.4 Å². The number of esters is 1. The topological polar surface area (TPSA) is 99.4 Å². The zero-order chi connectivity index (χ0) is 21.6. The number of rotatable bonds is 7. The van der Waals surface area contributed by atoms with Crippen LogP contribution in [0.5, 0.6) is 0 Å². The zero-order valence-electron chi connectivity index (χ0n) is 16.9. The molecule has 2 aromatic rings. The van der Waals surface area contributed by atoms with E-state index in [1.807, 2.05) is 18.2 Å². The van der Waals surface area contributed by atoms with E-state index in [0.29, 0.717) is 0 Å². The second-order valence-electron chi connectivity index (χ2n) is 6.89. The highest BCUT2D eigenvalue weighted by Gasteiger charge is 2.19. The first-order chi connectivity index (χ1) is 13.7. The minimum Gasteiger partial charge on any atom is -0.463 e. The van der Waals surface area contributed by atoms with Gasteiger partial charge in [0.25, 0.3) is 5.56 Å². The summed E-state index contributed by atoms with van der Waals surface area (Å²) in [5.74, 6) is -0.905. The quantitative estimate of drug-likeness (QED) is 0.559. The minimum atomic E-state index is -0.581. The lowest BCUT2D eigenvalue weighted by Crippen LogP contribution is -2.37. The number of nitrogens with one attached hydrogen (secondary N) is 1. The molecule has 29 heavy (non-hydrogen) atoms. The first-order valence-electron chi connectivity index (χ1n) is 9.18. The van der Waals surface area contributed by atoms with E-state index in [4.69, 9.17) is 4.74 Å². The second kappa shape index (κ2) is 9.68. The van der Waals surface area contributed by atoms with Crippen molar-refractivity contribution in [2.24, 2.45) is 14.1 Å². The van der Waals surface area contributed by atoms with E-state index in [1.54, 1.807) is 26.0 Å². The fraction of sp³-hybridized carbons (Fsp3) is 0.333. The lowest BCUT2D eigenvalue weighted by Gasteiger charge is -2.18. The van der Waals surface area contributed by atoms with Crippen molar-refractivity contribution in [3.63, 3.8) is 0 Å². The highest BCUT2D eigenvalue weighted by Crippen LogP contribution is 2.17. The average Bonchev–Trinajstić information content (AvgIpc) is 2.67.